The van der Waals surface area contributed by atoms with E-state index in [9.17, 15) is 20.2 Å². The minimum Gasteiger partial charge on any atom is -0.258 e. The lowest BCUT2D eigenvalue weighted by atomic mass is 10.2. The summed E-state index contributed by atoms with van der Waals surface area (Å²) < 4.78 is -0.0223. The van der Waals surface area contributed by atoms with Crippen molar-refractivity contribution in [3.63, 3.8) is 0 Å². The Kier molecular flexibility index (Phi) is 3.04. The second-order valence-electron chi connectivity index (χ2n) is 2.41. The van der Waals surface area contributed by atoms with Crippen molar-refractivity contribution >= 4 is 33.0 Å². The maximum atomic E-state index is 10.5. The van der Waals surface area contributed by atoms with Crippen LogP contribution in [0.4, 0.5) is 17.1 Å². The highest BCUT2D eigenvalue weighted by Gasteiger charge is 2.23. The Balaban J connectivity index is 3.52. The van der Waals surface area contributed by atoms with Gasteiger partial charge in [-0.05, 0) is 21.5 Å². The second kappa shape index (κ2) is 4.09. The standard InChI is InChI=1S/C6H2BrN4O4/c7-4-1-3(10(12)13)2-5(11(14)15)6(4)9-8/h1-2H. The van der Waals surface area contributed by atoms with Crippen LogP contribution < -0.4 is 5.53 Å². The molecule has 9 heteroatoms. The van der Waals surface area contributed by atoms with Crippen LogP contribution in [0.2, 0.25) is 0 Å². The van der Waals surface area contributed by atoms with E-state index < -0.39 is 21.2 Å². The Hall–Kier alpha value is -1.90. The molecule has 1 rings (SSSR count). The smallest absolute Gasteiger partial charge is 0.258 e. The topological polar surface area (TPSA) is 121 Å². The van der Waals surface area contributed by atoms with Gasteiger partial charge in [-0.2, -0.15) is 0 Å². The molecule has 0 aliphatic heterocycles. The van der Waals surface area contributed by atoms with Crippen molar-refractivity contribution < 1.29 is 9.85 Å². The van der Waals surface area contributed by atoms with Gasteiger partial charge < -0.3 is 0 Å². The number of nitro groups is 2. The zero-order chi connectivity index (χ0) is 11.6. The van der Waals surface area contributed by atoms with Crippen molar-refractivity contribution in [1.82, 2.24) is 5.53 Å². The SMILES string of the molecule is [N]=Nc1c(Br)cc([N+](=O)[O-])cc1[N+](=O)[O-]. The van der Waals surface area contributed by atoms with Crippen LogP contribution in [0.15, 0.2) is 21.7 Å². The molecule has 0 atom stereocenters. The van der Waals surface area contributed by atoms with Crippen molar-refractivity contribution in [2.75, 3.05) is 0 Å². The third kappa shape index (κ3) is 2.13. The van der Waals surface area contributed by atoms with Crippen molar-refractivity contribution in [2.24, 2.45) is 5.11 Å². The van der Waals surface area contributed by atoms with Gasteiger partial charge in [-0.1, -0.05) is 0 Å². The lowest BCUT2D eigenvalue weighted by molar-refractivity contribution is -0.393. The maximum Gasteiger partial charge on any atom is 0.304 e. The van der Waals surface area contributed by atoms with Gasteiger partial charge in [0.05, 0.1) is 20.4 Å². The lowest BCUT2D eigenvalue weighted by Gasteiger charge is -1.98. The van der Waals surface area contributed by atoms with Gasteiger partial charge in [-0.15, -0.1) is 5.11 Å². The predicted octanol–water partition coefficient (Wildman–Crippen LogP) is 2.15. The fourth-order valence-corrected chi connectivity index (χ4v) is 1.43. The zero-order valence-corrected chi connectivity index (χ0v) is 8.54. The summed E-state index contributed by atoms with van der Waals surface area (Å²) in [6.45, 7) is 0. The van der Waals surface area contributed by atoms with E-state index in [0.29, 0.717) is 0 Å². The molecule has 8 nitrogen and oxygen atoms in total. The summed E-state index contributed by atoms with van der Waals surface area (Å²) in [5.74, 6) is 0. The van der Waals surface area contributed by atoms with E-state index >= 15 is 0 Å². The van der Waals surface area contributed by atoms with Gasteiger partial charge in [0, 0.05) is 6.07 Å². The van der Waals surface area contributed by atoms with Crippen LogP contribution in [0.5, 0.6) is 0 Å². The van der Waals surface area contributed by atoms with E-state index in [1.165, 1.54) is 0 Å². The molecule has 0 unspecified atom stereocenters. The monoisotopic (exact) mass is 273 g/mol. The van der Waals surface area contributed by atoms with Gasteiger partial charge in [0.15, 0.2) is 5.69 Å². The van der Waals surface area contributed by atoms with Crippen molar-refractivity contribution in [2.45, 2.75) is 0 Å². The first-order valence-corrected chi connectivity index (χ1v) is 4.24. The number of halogens is 1. The fraction of sp³-hybridized carbons (Fsp3) is 0. The van der Waals surface area contributed by atoms with E-state index in [1.54, 1.807) is 0 Å². The number of nitro benzene ring substituents is 2. The summed E-state index contributed by atoms with van der Waals surface area (Å²) in [5, 5.41) is 23.6. The van der Waals surface area contributed by atoms with Crippen LogP contribution in [0.3, 0.4) is 0 Å². The van der Waals surface area contributed by atoms with Crippen LogP contribution in [-0.2, 0) is 0 Å². The molecule has 1 radical (unpaired) electrons. The molecule has 0 amide bonds. The number of rotatable bonds is 3. The number of benzene rings is 1. The molecule has 0 aliphatic rings. The summed E-state index contributed by atoms with van der Waals surface area (Å²) >= 11 is 2.83. The number of non-ortho nitro benzene ring substituents is 1. The molecule has 15 heavy (non-hydrogen) atoms. The van der Waals surface area contributed by atoms with Crippen LogP contribution in [0.1, 0.15) is 0 Å². The molecule has 0 aliphatic carbocycles. The zero-order valence-electron chi connectivity index (χ0n) is 6.95. The van der Waals surface area contributed by atoms with Crippen LogP contribution in [-0.4, -0.2) is 9.85 Å². The van der Waals surface area contributed by atoms with E-state index in [-0.39, 0.29) is 10.2 Å². The van der Waals surface area contributed by atoms with E-state index in [1.807, 2.05) is 0 Å². The molecule has 0 saturated heterocycles. The van der Waals surface area contributed by atoms with E-state index in [0.717, 1.165) is 12.1 Å². The Morgan fingerprint density at radius 3 is 2.27 bits per heavy atom. The largest absolute Gasteiger partial charge is 0.304 e. The number of nitrogens with zero attached hydrogens (tertiary/aromatic N) is 4. The highest BCUT2D eigenvalue weighted by Crippen LogP contribution is 2.38. The highest BCUT2D eigenvalue weighted by molar-refractivity contribution is 9.10. The first kappa shape index (κ1) is 11.2. The summed E-state index contributed by atoms with van der Waals surface area (Å²) in [6.07, 6.45) is 0. The first-order chi connectivity index (χ1) is 6.97. The summed E-state index contributed by atoms with van der Waals surface area (Å²) in [5.41, 5.74) is 7.04. The molecule has 0 aromatic heterocycles. The second-order valence-corrected chi connectivity index (χ2v) is 3.26. The Morgan fingerprint density at radius 1 is 1.27 bits per heavy atom. The van der Waals surface area contributed by atoms with Gasteiger partial charge in [0.1, 0.15) is 0 Å². The average molecular weight is 274 g/mol. The molecular weight excluding hydrogens is 272 g/mol. The molecule has 0 spiro atoms. The lowest BCUT2D eigenvalue weighted by Crippen LogP contribution is -1.93. The molecule has 1 aromatic carbocycles. The molecule has 0 bridgehead atoms. The minimum atomic E-state index is -0.868. The molecule has 0 heterocycles. The first-order valence-electron chi connectivity index (χ1n) is 3.44. The quantitative estimate of drug-likeness (QED) is 0.476. The van der Waals surface area contributed by atoms with Gasteiger partial charge in [-0.3, -0.25) is 20.2 Å². The fourth-order valence-electron chi connectivity index (χ4n) is 0.914. The molecule has 0 N–H and O–H groups in total. The van der Waals surface area contributed by atoms with Crippen LogP contribution >= 0.6 is 15.9 Å². The van der Waals surface area contributed by atoms with E-state index in [4.69, 9.17) is 5.53 Å². The third-order valence-corrected chi connectivity index (χ3v) is 2.14. The van der Waals surface area contributed by atoms with E-state index in [2.05, 4.69) is 21.0 Å². The molecule has 77 valence electrons. The summed E-state index contributed by atoms with van der Waals surface area (Å²) in [6, 6.07) is 1.74. The molecular formula is C6H2BrN4O4. The number of hydrogen-bond acceptors (Lipinski definition) is 5. The summed E-state index contributed by atoms with van der Waals surface area (Å²) in [4.78, 5) is 19.2. The van der Waals surface area contributed by atoms with Crippen molar-refractivity contribution in [3.05, 3.63) is 36.8 Å². The Morgan fingerprint density at radius 2 is 1.87 bits per heavy atom. The van der Waals surface area contributed by atoms with Crippen molar-refractivity contribution in [1.29, 1.82) is 0 Å². The maximum absolute atomic E-state index is 10.5. The Labute approximate surface area is 90.8 Å². The minimum absolute atomic E-state index is 0.0223. The van der Waals surface area contributed by atoms with Gasteiger partial charge in [-0.25, -0.2) is 0 Å². The Bertz CT molecular complexity index is 461. The number of hydrogen-bond donors (Lipinski definition) is 0. The van der Waals surface area contributed by atoms with Gasteiger partial charge >= 0.3 is 5.69 Å². The predicted molar refractivity (Wildman–Crippen MR) is 51.7 cm³/mol. The van der Waals surface area contributed by atoms with Crippen LogP contribution in [0.25, 0.3) is 0 Å². The highest BCUT2D eigenvalue weighted by atomic mass is 79.9. The molecule has 1 aromatic rings. The summed E-state index contributed by atoms with van der Waals surface area (Å²) in [7, 11) is 0. The van der Waals surface area contributed by atoms with Gasteiger partial charge in [0.2, 0.25) is 0 Å². The average Bonchev–Trinajstić information content (AvgIpc) is 2.16. The molecule has 0 fully saturated rings. The molecule has 0 saturated carbocycles. The van der Waals surface area contributed by atoms with Crippen molar-refractivity contribution in [3.8, 4) is 0 Å². The van der Waals surface area contributed by atoms with Crippen LogP contribution in [0, 0.1) is 20.2 Å². The normalized spacial score (nSPS) is 9.67. The van der Waals surface area contributed by atoms with Gasteiger partial charge in [0.25, 0.3) is 5.69 Å². The third-order valence-electron chi connectivity index (χ3n) is 1.54.